The highest BCUT2D eigenvalue weighted by atomic mass is 16.5. The first-order valence-corrected chi connectivity index (χ1v) is 6.83. The molecule has 0 aromatic heterocycles. The third-order valence-electron chi connectivity index (χ3n) is 3.91. The van der Waals surface area contributed by atoms with Crippen LogP contribution in [-0.4, -0.2) is 6.10 Å². The second kappa shape index (κ2) is 6.25. The molecule has 1 aromatic rings. The molecule has 1 saturated carbocycles. The molecule has 0 heterocycles. The smallest absolute Gasteiger partial charge is 0.119 e. The SMILES string of the molecule is CCC1CCC(C#N)C(Oc2ccc(C#N)cc2)C1. The van der Waals surface area contributed by atoms with Gasteiger partial charge in [-0.05, 0) is 49.4 Å². The van der Waals surface area contributed by atoms with Crippen LogP contribution in [0.25, 0.3) is 0 Å². The van der Waals surface area contributed by atoms with Crippen LogP contribution in [-0.2, 0) is 0 Å². The van der Waals surface area contributed by atoms with Crippen molar-refractivity contribution in [1.82, 2.24) is 0 Å². The largest absolute Gasteiger partial charge is 0.489 e. The van der Waals surface area contributed by atoms with Gasteiger partial charge >= 0.3 is 0 Å². The molecule has 0 spiro atoms. The van der Waals surface area contributed by atoms with Gasteiger partial charge < -0.3 is 4.74 Å². The van der Waals surface area contributed by atoms with E-state index in [1.54, 1.807) is 12.1 Å². The fourth-order valence-corrected chi connectivity index (χ4v) is 2.64. The number of ether oxygens (including phenoxy) is 1. The number of nitriles is 2. The standard InChI is InChI=1S/C16H18N2O/c1-2-12-3-6-14(11-18)16(9-12)19-15-7-4-13(10-17)5-8-15/h4-5,7-8,12,14,16H,2-3,6,9H2,1H3. The normalized spacial score (nSPS) is 26.2. The maximum absolute atomic E-state index is 9.21. The van der Waals surface area contributed by atoms with Crippen LogP contribution in [0.1, 0.15) is 38.2 Å². The summed E-state index contributed by atoms with van der Waals surface area (Å²) in [5.41, 5.74) is 0.624. The van der Waals surface area contributed by atoms with E-state index in [1.165, 1.54) is 0 Å². The van der Waals surface area contributed by atoms with Crippen molar-refractivity contribution in [1.29, 1.82) is 10.5 Å². The maximum atomic E-state index is 9.21. The second-order valence-corrected chi connectivity index (χ2v) is 5.12. The van der Waals surface area contributed by atoms with Crippen LogP contribution < -0.4 is 4.74 Å². The Balaban J connectivity index is 2.06. The van der Waals surface area contributed by atoms with Crippen molar-refractivity contribution >= 4 is 0 Å². The molecule has 1 aliphatic rings. The van der Waals surface area contributed by atoms with Gasteiger partial charge in [-0.15, -0.1) is 0 Å². The molecule has 3 atom stereocenters. The van der Waals surface area contributed by atoms with E-state index in [4.69, 9.17) is 10.00 Å². The quantitative estimate of drug-likeness (QED) is 0.827. The lowest BCUT2D eigenvalue weighted by Gasteiger charge is -2.32. The molecule has 0 aliphatic heterocycles. The third-order valence-corrected chi connectivity index (χ3v) is 3.91. The van der Waals surface area contributed by atoms with Gasteiger partial charge in [0.25, 0.3) is 0 Å². The molecule has 3 heteroatoms. The third kappa shape index (κ3) is 3.26. The minimum atomic E-state index is -0.0170. The molecule has 3 nitrogen and oxygen atoms in total. The van der Waals surface area contributed by atoms with Crippen LogP contribution >= 0.6 is 0 Å². The monoisotopic (exact) mass is 254 g/mol. The average Bonchev–Trinajstić information content (AvgIpc) is 2.48. The first kappa shape index (κ1) is 13.4. The van der Waals surface area contributed by atoms with E-state index in [0.29, 0.717) is 11.5 Å². The molecule has 0 bridgehead atoms. The summed E-state index contributed by atoms with van der Waals surface area (Å²) in [6.45, 7) is 2.19. The number of benzene rings is 1. The van der Waals surface area contributed by atoms with Crippen molar-refractivity contribution in [2.24, 2.45) is 11.8 Å². The van der Waals surface area contributed by atoms with Gasteiger partial charge in [-0.2, -0.15) is 10.5 Å². The molecule has 1 fully saturated rings. The summed E-state index contributed by atoms with van der Waals surface area (Å²) in [5.74, 6) is 1.40. The zero-order chi connectivity index (χ0) is 13.7. The van der Waals surface area contributed by atoms with Gasteiger partial charge in [0.1, 0.15) is 11.9 Å². The van der Waals surface area contributed by atoms with Crippen LogP contribution in [0.5, 0.6) is 5.75 Å². The fourth-order valence-electron chi connectivity index (χ4n) is 2.64. The Labute approximate surface area is 114 Å². The number of hydrogen-bond acceptors (Lipinski definition) is 3. The number of rotatable bonds is 3. The predicted molar refractivity (Wildman–Crippen MR) is 72.3 cm³/mol. The predicted octanol–water partition coefficient (Wildman–Crippen LogP) is 3.66. The van der Waals surface area contributed by atoms with E-state index >= 15 is 0 Å². The highest BCUT2D eigenvalue weighted by Crippen LogP contribution is 2.33. The molecular weight excluding hydrogens is 236 g/mol. The molecule has 0 saturated heterocycles. The van der Waals surface area contributed by atoms with Gasteiger partial charge in [-0.25, -0.2) is 0 Å². The lowest BCUT2D eigenvalue weighted by Crippen LogP contribution is -2.33. The molecule has 0 radical (unpaired) electrons. The first-order chi connectivity index (χ1) is 9.26. The molecule has 98 valence electrons. The minimum Gasteiger partial charge on any atom is -0.489 e. The van der Waals surface area contributed by atoms with E-state index in [-0.39, 0.29) is 12.0 Å². The zero-order valence-corrected chi connectivity index (χ0v) is 11.2. The van der Waals surface area contributed by atoms with Crippen molar-refractivity contribution < 1.29 is 4.74 Å². The van der Waals surface area contributed by atoms with E-state index < -0.39 is 0 Å². The van der Waals surface area contributed by atoms with E-state index in [0.717, 1.165) is 31.4 Å². The molecular formula is C16H18N2O. The molecule has 3 unspecified atom stereocenters. The summed E-state index contributed by atoms with van der Waals surface area (Å²) < 4.78 is 5.96. The van der Waals surface area contributed by atoms with E-state index in [1.807, 2.05) is 12.1 Å². The van der Waals surface area contributed by atoms with Crippen molar-refractivity contribution in [3.05, 3.63) is 29.8 Å². The Morgan fingerprint density at radius 1 is 1.21 bits per heavy atom. The summed E-state index contributed by atoms with van der Waals surface area (Å²) in [6, 6.07) is 11.6. The van der Waals surface area contributed by atoms with Crippen LogP contribution in [0, 0.1) is 34.5 Å². The highest BCUT2D eigenvalue weighted by Gasteiger charge is 2.31. The zero-order valence-electron chi connectivity index (χ0n) is 11.2. The van der Waals surface area contributed by atoms with Crippen LogP contribution in [0.15, 0.2) is 24.3 Å². The van der Waals surface area contributed by atoms with E-state index in [2.05, 4.69) is 19.1 Å². The van der Waals surface area contributed by atoms with Crippen molar-refractivity contribution in [3.63, 3.8) is 0 Å². The van der Waals surface area contributed by atoms with Crippen molar-refractivity contribution in [2.75, 3.05) is 0 Å². The van der Waals surface area contributed by atoms with Crippen LogP contribution in [0.4, 0.5) is 0 Å². The molecule has 0 amide bonds. The molecule has 1 aromatic carbocycles. The summed E-state index contributed by atoms with van der Waals surface area (Å²) >= 11 is 0. The molecule has 2 rings (SSSR count). The molecule has 19 heavy (non-hydrogen) atoms. The summed E-state index contributed by atoms with van der Waals surface area (Å²) in [6.07, 6.45) is 4.13. The Kier molecular flexibility index (Phi) is 4.42. The Hall–Kier alpha value is -2.00. The average molecular weight is 254 g/mol. The van der Waals surface area contributed by atoms with Gasteiger partial charge in [-0.3, -0.25) is 0 Å². The van der Waals surface area contributed by atoms with Crippen molar-refractivity contribution in [2.45, 2.75) is 38.7 Å². The Bertz CT molecular complexity index is 495. The van der Waals surface area contributed by atoms with Gasteiger partial charge in [0.2, 0.25) is 0 Å². The topological polar surface area (TPSA) is 56.8 Å². The molecule has 0 N–H and O–H groups in total. The lowest BCUT2D eigenvalue weighted by molar-refractivity contribution is 0.0893. The summed E-state index contributed by atoms with van der Waals surface area (Å²) in [7, 11) is 0. The number of nitrogens with zero attached hydrogens (tertiary/aromatic N) is 2. The number of hydrogen-bond donors (Lipinski definition) is 0. The van der Waals surface area contributed by atoms with Gasteiger partial charge in [0, 0.05) is 0 Å². The van der Waals surface area contributed by atoms with Crippen LogP contribution in [0.3, 0.4) is 0 Å². The van der Waals surface area contributed by atoms with Gasteiger partial charge in [-0.1, -0.05) is 13.3 Å². The summed E-state index contributed by atoms with van der Waals surface area (Å²) in [5, 5.41) is 18.0. The fraction of sp³-hybridized carbons (Fsp3) is 0.500. The van der Waals surface area contributed by atoms with Gasteiger partial charge in [0.05, 0.1) is 23.6 Å². The second-order valence-electron chi connectivity index (χ2n) is 5.12. The maximum Gasteiger partial charge on any atom is 0.119 e. The lowest BCUT2D eigenvalue weighted by atomic mass is 9.79. The highest BCUT2D eigenvalue weighted by molar-refractivity contribution is 5.34. The van der Waals surface area contributed by atoms with E-state index in [9.17, 15) is 5.26 Å². The Morgan fingerprint density at radius 3 is 2.53 bits per heavy atom. The minimum absolute atomic E-state index is 0.0153. The summed E-state index contributed by atoms with van der Waals surface area (Å²) in [4.78, 5) is 0. The Morgan fingerprint density at radius 2 is 1.95 bits per heavy atom. The molecule has 1 aliphatic carbocycles. The van der Waals surface area contributed by atoms with Crippen molar-refractivity contribution in [3.8, 4) is 17.9 Å². The van der Waals surface area contributed by atoms with Gasteiger partial charge in [0.15, 0.2) is 0 Å². The van der Waals surface area contributed by atoms with Crippen LogP contribution in [0.2, 0.25) is 0 Å². The first-order valence-electron chi connectivity index (χ1n) is 6.83.